The average molecular weight is 295 g/mol. The van der Waals surface area contributed by atoms with Crippen molar-refractivity contribution in [2.75, 3.05) is 6.54 Å². The highest BCUT2D eigenvalue weighted by Crippen LogP contribution is 2.30. The van der Waals surface area contributed by atoms with E-state index >= 15 is 0 Å². The molecule has 2 unspecified atom stereocenters. The summed E-state index contributed by atoms with van der Waals surface area (Å²) in [5.74, 6) is -0.195. The number of rotatable bonds is 3. The monoisotopic (exact) mass is 294 g/mol. The van der Waals surface area contributed by atoms with Gasteiger partial charge in [-0.05, 0) is 31.9 Å². The minimum absolute atomic E-state index is 0.0629. The van der Waals surface area contributed by atoms with Gasteiger partial charge >= 0.3 is 0 Å². The van der Waals surface area contributed by atoms with Gasteiger partial charge in [0.25, 0.3) is 0 Å². The van der Waals surface area contributed by atoms with Crippen LogP contribution in [0.1, 0.15) is 38.8 Å². The lowest BCUT2D eigenvalue weighted by molar-refractivity contribution is -0.151. The fourth-order valence-corrected chi connectivity index (χ4v) is 2.77. The van der Waals surface area contributed by atoms with Gasteiger partial charge in [-0.3, -0.25) is 9.59 Å². The van der Waals surface area contributed by atoms with E-state index in [2.05, 4.69) is 5.32 Å². The normalized spacial score (nSPS) is 24.5. The first-order valence-corrected chi connectivity index (χ1v) is 7.13. The summed E-state index contributed by atoms with van der Waals surface area (Å²) in [6, 6.07) is 7.18. The number of hydrogen-bond acceptors (Lipinski definition) is 2. The van der Waals surface area contributed by atoms with Gasteiger partial charge in [0.05, 0.1) is 6.04 Å². The second kappa shape index (κ2) is 5.44. The fourth-order valence-electron chi connectivity index (χ4n) is 2.48. The Labute approximate surface area is 124 Å². The lowest BCUT2D eigenvalue weighted by Crippen LogP contribution is -2.65. The van der Waals surface area contributed by atoms with Crippen LogP contribution in [0.15, 0.2) is 24.3 Å². The number of halogens is 1. The molecule has 4 nitrogen and oxygen atoms in total. The van der Waals surface area contributed by atoms with Crippen LogP contribution in [-0.4, -0.2) is 28.8 Å². The number of carbonyl (C=O) groups is 2. The smallest absolute Gasteiger partial charge is 0.248 e. The van der Waals surface area contributed by atoms with Crippen LogP contribution < -0.4 is 5.32 Å². The highest BCUT2D eigenvalue weighted by molar-refractivity contribution is 6.31. The molecule has 0 radical (unpaired) electrons. The van der Waals surface area contributed by atoms with Crippen molar-refractivity contribution in [3.8, 4) is 0 Å². The largest absolute Gasteiger partial charge is 0.340 e. The van der Waals surface area contributed by atoms with Crippen molar-refractivity contribution in [3.63, 3.8) is 0 Å². The Morgan fingerprint density at radius 3 is 2.65 bits per heavy atom. The van der Waals surface area contributed by atoms with Gasteiger partial charge in [0.1, 0.15) is 12.1 Å². The van der Waals surface area contributed by atoms with Crippen LogP contribution in [0.4, 0.5) is 0 Å². The summed E-state index contributed by atoms with van der Waals surface area (Å²) in [6.45, 7) is 5.62. The molecule has 0 bridgehead atoms. The summed E-state index contributed by atoms with van der Waals surface area (Å²) in [6.07, 6.45) is 0.559. The van der Waals surface area contributed by atoms with E-state index in [1.54, 1.807) is 17.9 Å². The molecule has 2 rings (SSSR count). The van der Waals surface area contributed by atoms with Crippen molar-refractivity contribution >= 4 is 23.4 Å². The van der Waals surface area contributed by atoms with E-state index < -0.39 is 5.54 Å². The van der Waals surface area contributed by atoms with Crippen molar-refractivity contribution in [3.05, 3.63) is 34.9 Å². The van der Waals surface area contributed by atoms with Crippen LogP contribution in [-0.2, 0) is 9.59 Å². The molecule has 0 saturated carbocycles. The molecular formula is C15H19ClN2O2. The Morgan fingerprint density at radius 1 is 1.40 bits per heavy atom. The van der Waals surface area contributed by atoms with Gasteiger partial charge in [0, 0.05) is 5.02 Å². The maximum absolute atomic E-state index is 12.6. The molecule has 1 aromatic carbocycles. The number of piperazine rings is 1. The van der Waals surface area contributed by atoms with Crippen LogP contribution in [0.2, 0.25) is 5.02 Å². The molecular weight excluding hydrogens is 276 g/mol. The molecule has 1 saturated heterocycles. The molecule has 5 heteroatoms. The minimum Gasteiger partial charge on any atom is -0.340 e. The molecule has 2 atom stereocenters. The molecule has 0 aromatic heterocycles. The third-order valence-corrected chi connectivity index (χ3v) is 4.34. The van der Waals surface area contributed by atoms with Gasteiger partial charge in [-0.15, -0.1) is 0 Å². The van der Waals surface area contributed by atoms with Crippen LogP contribution >= 0.6 is 11.6 Å². The molecule has 2 amide bonds. The Balaban J connectivity index is 2.34. The summed E-state index contributed by atoms with van der Waals surface area (Å²) in [5.41, 5.74) is 0.0286. The summed E-state index contributed by atoms with van der Waals surface area (Å²) in [5, 5.41) is 3.39. The van der Waals surface area contributed by atoms with Gasteiger partial charge in [-0.2, -0.15) is 0 Å². The molecule has 20 heavy (non-hydrogen) atoms. The zero-order valence-electron chi connectivity index (χ0n) is 11.9. The lowest BCUT2D eigenvalue weighted by atomic mass is 9.92. The minimum atomic E-state index is -0.829. The Kier molecular flexibility index (Phi) is 4.04. The maximum atomic E-state index is 12.6. The molecule has 0 aliphatic carbocycles. The number of hydrogen-bond donors (Lipinski definition) is 1. The number of benzene rings is 1. The van der Waals surface area contributed by atoms with Crippen LogP contribution in [0.5, 0.6) is 0 Å². The van der Waals surface area contributed by atoms with E-state index in [9.17, 15) is 9.59 Å². The summed E-state index contributed by atoms with van der Waals surface area (Å²) in [7, 11) is 0. The molecule has 0 spiro atoms. The van der Waals surface area contributed by atoms with Crippen LogP contribution in [0, 0.1) is 0 Å². The molecule has 1 aliphatic rings. The van der Waals surface area contributed by atoms with E-state index in [-0.39, 0.29) is 24.4 Å². The fraction of sp³-hybridized carbons (Fsp3) is 0.467. The third kappa shape index (κ3) is 2.52. The van der Waals surface area contributed by atoms with E-state index in [1.165, 1.54) is 0 Å². The number of carbonyl (C=O) groups excluding carboxylic acids is 2. The second-order valence-corrected chi connectivity index (χ2v) is 5.77. The maximum Gasteiger partial charge on any atom is 0.248 e. The summed E-state index contributed by atoms with van der Waals surface area (Å²) >= 11 is 6.19. The van der Waals surface area contributed by atoms with E-state index in [4.69, 9.17) is 11.6 Å². The molecule has 1 aromatic rings. The van der Waals surface area contributed by atoms with Gasteiger partial charge in [-0.25, -0.2) is 0 Å². The summed E-state index contributed by atoms with van der Waals surface area (Å²) in [4.78, 5) is 26.1. The van der Waals surface area contributed by atoms with Crippen molar-refractivity contribution in [2.45, 2.75) is 38.8 Å². The van der Waals surface area contributed by atoms with Crippen LogP contribution in [0.25, 0.3) is 0 Å². The van der Waals surface area contributed by atoms with Crippen LogP contribution in [0.3, 0.4) is 0 Å². The molecule has 1 aliphatic heterocycles. The highest BCUT2D eigenvalue weighted by Gasteiger charge is 2.43. The van der Waals surface area contributed by atoms with Gasteiger partial charge < -0.3 is 10.2 Å². The average Bonchev–Trinajstić information content (AvgIpc) is 2.42. The van der Waals surface area contributed by atoms with Crippen molar-refractivity contribution in [2.24, 2.45) is 0 Å². The Morgan fingerprint density at radius 2 is 2.05 bits per heavy atom. The topological polar surface area (TPSA) is 49.4 Å². The third-order valence-electron chi connectivity index (χ3n) is 3.99. The number of amides is 2. The molecule has 1 fully saturated rings. The lowest BCUT2D eigenvalue weighted by Gasteiger charge is -2.42. The number of nitrogens with one attached hydrogen (secondary N) is 1. The number of nitrogens with zero attached hydrogens (tertiary/aromatic N) is 1. The highest BCUT2D eigenvalue weighted by atomic mass is 35.5. The predicted molar refractivity (Wildman–Crippen MR) is 78.4 cm³/mol. The van der Waals surface area contributed by atoms with E-state index in [0.717, 1.165) is 5.56 Å². The van der Waals surface area contributed by atoms with Crippen molar-refractivity contribution in [1.29, 1.82) is 0 Å². The Bertz CT molecular complexity index is 546. The molecule has 108 valence electrons. The van der Waals surface area contributed by atoms with Crippen molar-refractivity contribution < 1.29 is 9.59 Å². The zero-order chi connectivity index (χ0) is 14.9. The summed E-state index contributed by atoms with van der Waals surface area (Å²) < 4.78 is 0. The van der Waals surface area contributed by atoms with E-state index in [0.29, 0.717) is 11.4 Å². The van der Waals surface area contributed by atoms with Gasteiger partial charge in [-0.1, -0.05) is 36.7 Å². The Hall–Kier alpha value is -1.55. The SMILES string of the molecule is CCC1(C)NC(=O)CN(C(C)c2ccccc2Cl)C1=O. The first-order chi connectivity index (χ1) is 9.39. The zero-order valence-corrected chi connectivity index (χ0v) is 12.7. The standard InChI is InChI=1S/C15H19ClN2O2/c1-4-15(3)14(20)18(9-13(19)17-15)10(2)11-7-5-6-8-12(11)16/h5-8,10H,4,9H2,1-3H3,(H,17,19). The molecule has 1 heterocycles. The van der Waals surface area contributed by atoms with E-state index in [1.807, 2.05) is 32.0 Å². The predicted octanol–water partition coefficient (Wildman–Crippen LogP) is 2.53. The van der Waals surface area contributed by atoms with Gasteiger partial charge in [0.15, 0.2) is 0 Å². The quantitative estimate of drug-likeness (QED) is 0.931. The second-order valence-electron chi connectivity index (χ2n) is 5.36. The first kappa shape index (κ1) is 14.9. The first-order valence-electron chi connectivity index (χ1n) is 6.75. The van der Waals surface area contributed by atoms with Crippen molar-refractivity contribution in [1.82, 2.24) is 10.2 Å². The molecule has 1 N–H and O–H groups in total. The van der Waals surface area contributed by atoms with Gasteiger partial charge in [0.2, 0.25) is 11.8 Å².